The number of aromatic nitrogens is 4. The maximum absolute atomic E-state index is 11.4. The zero-order valence-electron chi connectivity index (χ0n) is 8.79. The summed E-state index contributed by atoms with van der Waals surface area (Å²) in [5.41, 5.74) is 7.42. The van der Waals surface area contributed by atoms with Gasteiger partial charge in [0.15, 0.2) is 5.65 Å². The quantitative estimate of drug-likeness (QED) is 0.639. The summed E-state index contributed by atoms with van der Waals surface area (Å²) in [6.07, 6.45) is 0. The van der Waals surface area contributed by atoms with Gasteiger partial charge in [-0.05, 0) is 0 Å². The summed E-state index contributed by atoms with van der Waals surface area (Å²) in [5.74, 6) is 0.125. The molecule has 0 atom stereocenters. The Morgan fingerprint density at radius 3 is 2.76 bits per heavy atom. The number of nitrogen functional groups attached to an aromatic ring is 1. The van der Waals surface area contributed by atoms with Gasteiger partial charge in [0.05, 0.1) is 5.69 Å². The van der Waals surface area contributed by atoms with E-state index in [2.05, 4.69) is 15.2 Å². The Balaban J connectivity index is 2.30. The molecule has 2 aromatic heterocycles. The van der Waals surface area contributed by atoms with Crippen LogP contribution in [0.4, 0.5) is 5.95 Å². The van der Waals surface area contributed by atoms with E-state index >= 15 is 0 Å². The third-order valence-electron chi connectivity index (χ3n) is 2.50. The van der Waals surface area contributed by atoms with Crippen molar-refractivity contribution in [2.24, 2.45) is 0 Å². The van der Waals surface area contributed by atoms with E-state index in [1.165, 1.54) is 4.40 Å². The molecule has 0 aliphatic rings. The summed E-state index contributed by atoms with van der Waals surface area (Å²) in [6, 6.07) is 11.3. The lowest BCUT2D eigenvalue weighted by Gasteiger charge is -2.02. The summed E-state index contributed by atoms with van der Waals surface area (Å²) in [6.45, 7) is 0. The zero-order chi connectivity index (χ0) is 11.8. The van der Waals surface area contributed by atoms with Crippen molar-refractivity contribution in [1.82, 2.24) is 19.6 Å². The number of hydrogen-bond acceptors (Lipinski definition) is 4. The monoisotopic (exact) mass is 227 g/mol. The van der Waals surface area contributed by atoms with Crippen LogP contribution in [-0.2, 0) is 0 Å². The Kier molecular flexibility index (Phi) is 1.94. The predicted molar refractivity (Wildman–Crippen MR) is 63.5 cm³/mol. The molecule has 0 saturated carbocycles. The van der Waals surface area contributed by atoms with Crippen LogP contribution in [0.15, 0.2) is 41.2 Å². The van der Waals surface area contributed by atoms with Crippen LogP contribution in [0, 0.1) is 0 Å². The number of anilines is 1. The normalized spacial score (nSPS) is 10.8. The van der Waals surface area contributed by atoms with Crippen LogP contribution in [0.3, 0.4) is 0 Å². The van der Waals surface area contributed by atoms with Gasteiger partial charge in [-0.15, -0.1) is 0 Å². The van der Waals surface area contributed by atoms with E-state index in [9.17, 15) is 4.79 Å². The molecule has 0 unspecified atom stereocenters. The van der Waals surface area contributed by atoms with E-state index in [-0.39, 0.29) is 11.6 Å². The molecule has 2 heterocycles. The lowest BCUT2D eigenvalue weighted by Crippen LogP contribution is -2.14. The van der Waals surface area contributed by atoms with Crippen LogP contribution >= 0.6 is 0 Å². The highest BCUT2D eigenvalue weighted by Crippen LogP contribution is 2.18. The number of nitrogens with zero attached hydrogens (tertiary/aromatic N) is 3. The van der Waals surface area contributed by atoms with Crippen molar-refractivity contribution in [3.05, 3.63) is 46.9 Å². The molecule has 6 heteroatoms. The van der Waals surface area contributed by atoms with E-state index in [1.54, 1.807) is 6.07 Å². The van der Waals surface area contributed by atoms with Crippen LogP contribution in [-0.4, -0.2) is 19.6 Å². The molecule has 3 N–H and O–H groups in total. The van der Waals surface area contributed by atoms with Gasteiger partial charge in [-0.1, -0.05) is 30.3 Å². The van der Waals surface area contributed by atoms with Gasteiger partial charge in [0.1, 0.15) is 0 Å². The molecule has 17 heavy (non-hydrogen) atoms. The number of hydrogen-bond donors (Lipinski definition) is 2. The van der Waals surface area contributed by atoms with Gasteiger partial charge >= 0.3 is 5.69 Å². The Hall–Kier alpha value is -2.63. The molecule has 0 saturated heterocycles. The minimum Gasteiger partial charge on any atom is -0.369 e. The molecule has 0 radical (unpaired) electrons. The highest BCUT2D eigenvalue weighted by atomic mass is 16.1. The molecule has 0 spiro atoms. The Bertz CT molecular complexity index is 728. The maximum Gasteiger partial charge on any atom is 0.350 e. The topological polar surface area (TPSA) is 89.1 Å². The van der Waals surface area contributed by atoms with Crippen molar-refractivity contribution in [1.29, 1.82) is 0 Å². The molecule has 0 bridgehead atoms. The highest BCUT2D eigenvalue weighted by Gasteiger charge is 2.08. The number of aromatic amines is 1. The second-order valence-electron chi connectivity index (χ2n) is 3.59. The number of nitrogens with two attached hydrogens (primary N) is 1. The summed E-state index contributed by atoms with van der Waals surface area (Å²) in [5, 5.41) is 6.20. The van der Waals surface area contributed by atoms with Crippen LogP contribution in [0.25, 0.3) is 16.9 Å². The number of nitrogens with one attached hydrogen (secondary N) is 1. The highest BCUT2D eigenvalue weighted by molar-refractivity contribution is 5.65. The Morgan fingerprint density at radius 1 is 1.24 bits per heavy atom. The van der Waals surface area contributed by atoms with Crippen LogP contribution in [0.1, 0.15) is 0 Å². The van der Waals surface area contributed by atoms with Gasteiger partial charge in [-0.2, -0.15) is 5.10 Å². The lowest BCUT2D eigenvalue weighted by atomic mass is 10.1. The molecule has 3 rings (SSSR count). The van der Waals surface area contributed by atoms with E-state index in [1.807, 2.05) is 30.3 Å². The van der Waals surface area contributed by atoms with Crippen molar-refractivity contribution in [3.63, 3.8) is 0 Å². The molecular formula is C11H9N5O. The predicted octanol–water partition coefficient (Wildman–Crippen LogP) is 0.667. The fourth-order valence-electron chi connectivity index (χ4n) is 1.71. The molecule has 0 amide bonds. The number of fused-ring (bicyclic) bond motifs is 1. The average Bonchev–Trinajstić information content (AvgIpc) is 2.73. The molecular weight excluding hydrogens is 218 g/mol. The van der Waals surface area contributed by atoms with Gasteiger partial charge < -0.3 is 5.73 Å². The van der Waals surface area contributed by atoms with Gasteiger partial charge in [0, 0.05) is 11.6 Å². The number of H-pyrrole nitrogens is 1. The van der Waals surface area contributed by atoms with Gasteiger partial charge in [0.2, 0.25) is 5.95 Å². The van der Waals surface area contributed by atoms with Gasteiger partial charge in [-0.3, -0.25) is 0 Å². The first-order chi connectivity index (χ1) is 8.25. The Morgan fingerprint density at radius 2 is 2.00 bits per heavy atom. The van der Waals surface area contributed by atoms with Gasteiger partial charge in [-0.25, -0.2) is 19.3 Å². The van der Waals surface area contributed by atoms with Crippen LogP contribution in [0.5, 0.6) is 0 Å². The standard InChI is InChI=1S/C11H9N5O/c12-10-13-8(7-4-2-1-3-5-7)6-9-14-15-11(17)16(9)10/h1-6H,(H2,12,13)(H,15,17). The SMILES string of the molecule is Nc1nc(-c2ccccc2)cc2n[nH]c(=O)n12. The molecule has 0 aliphatic carbocycles. The van der Waals surface area contributed by atoms with Crippen molar-refractivity contribution >= 4 is 11.6 Å². The van der Waals surface area contributed by atoms with Crippen molar-refractivity contribution < 1.29 is 0 Å². The van der Waals surface area contributed by atoms with Crippen molar-refractivity contribution in [2.45, 2.75) is 0 Å². The zero-order valence-corrected chi connectivity index (χ0v) is 8.79. The summed E-state index contributed by atoms with van der Waals surface area (Å²) >= 11 is 0. The summed E-state index contributed by atoms with van der Waals surface area (Å²) in [4.78, 5) is 15.6. The second-order valence-corrected chi connectivity index (χ2v) is 3.59. The summed E-state index contributed by atoms with van der Waals surface area (Å²) < 4.78 is 1.23. The first-order valence-corrected chi connectivity index (χ1v) is 5.05. The minimum atomic E-state index is -0.385. The average molecular weight is 227 g/mol. The molecule has 84 valence electrons. The summed E-state index contributed by atoms with van der Waals surface area (Å²) in [7, 11) is 0. The fraction of sp³-hybridized carbons (Fsp3) is 0. The molecule has 0 fully saturated rings. The smallest absolute Gasteiger partial charge is 0.350 e. The van der Waals surface area contributed by atoms with E-state index in [0.717, 1.165) is 5.56 Å². The number of benzene rings is 1. The minimum absolute atomic E-state index is 0.125. The Labute approximate surface area is 95.7 Å². The third-order valence-corrected chi connectivity index (χ3v) is 2.50. The fourth-order valence-corrected chi connectivity index (χ4v) is 1.71. The van der Waals surface area contributed by atoms with Crippen LogP contribution in [0.2, 0.25) is 0 Å². The molecule has 6 nitrogen and oxygen atoms in total. The molecule has 3 aromatic rings. The molecule has 0 aliphatic heterocycles. The van der Waals surface area contributed by atoms with E-state index in [4.69, 9.17) is 5.73 Å². The first kappa shape index (κ1) is 9.59. The van der Waals surface area contributed by atoms with Crippen molar-refractivity contribution in [3.8, 4) is 11.3 Å². The maximum atomic E-state index is 11.4. The second kappa shape index (κ2) is 3.44. The third kappa shape index (κ3) is 1.46. The molecule has 1 aromatic carbocycles. The van der Waals surface area contributed by atoms with E-state index < -0.39 is 0 Å². The first-order valence-electron chi connectivity index (χ1n) is 5.05. The number of rotatable bonds is 1. The van der Waals surface area contributed by atoms with Crippen molar-refractivity contribution in [2.75, 3.05) is 5.73 Å². The van der Waals surface area contributed by atoms with Gasteiger partial charge in [0.25, 0.3) is 0 Å². The lowest BCUT2D eigenvalue weighted by molar-refractivity contribution is 1.01. The van der Waals surface area contributed by atoms with E-state index in [0.29, 0.717) is 11.3 Å². The van der Waals surface area contributed by atoms with Crippen LogP contribution < -0.4 is 11.4 Å². The largest absolute Gasteiger partial charge is 0.369 e.